The molecule has 2 atom stereocenters. The van der Waals surface area contributed by atoms with Crippen molar-refractivity contribution in [1.29, 1.82) is 5.26 Å². The van der Waals surface area contributed by atoms with Gasteiger partial charge in [0.05, 0.1) is 23.1 Å². The van der Waals surface area contributed by atoms with E-state index in [1.165, 1.54) is 0 Å². The third-order valence-corrected chi connectivity index (χ3v) is 10.3. The molecule has 2 aliphatic rings. The summed E-state index contributed by atoms with van der Waals surface area (Å²) in [5.74, 6) is -0.0897. The van der Waals surface area contributed by atoms with Gasteiger partial charge < -0.3 is 19.9 Å². The molecule has 0 aliphatic carbocycles. The van der Waals surface area contributed by atoms with Gasteiger partial charge in [-0.15, -0.1) is 0 Å². The highest BCUT2D eigenvalue weighted by Gasteiger charge is 2.28. The number of anilines is 2. The number of nitrogens with one attached hydrogen (secondary N) is 1. The van der Waals surface area contributed by atoms with Crippen LogP contribution < -0.4 is 5.32 Å². The molecule has 12 nitrogen and oxygen atoms in total. The second-order valence-corrected chi connectivity index (χ2v) is 13.9. The Balaban J connectivity index is 1.07. The lowest BCUT2D eigenvalue weighted by molar-refractivity contribution is -0.141. The summed E-state index contributed by atoms with van der Waals surface area (Å²) < 4.78 is 6.27. The Morgan fingerprint density at radius 3 is 2.42 bits per heavy atom. The van der Waals surface area contributed by atoms with E-state index in [0.717, 1.165) is 63.1 Å². The van der Waals surface area contributed by atoms with Gasteiger partial charge in [-0.2, -0.15) is 5.26 Å². The number of carbonyl (C=O) groups is 1. The zero-order valence-corrected chi connectivity index (χ0v) is 29.0. The second kappa shape index (κ2) is 13.8. The highest BCUT2D eigenvalue weighted by molar-refractivity contribution is 5.89. The van der Waals surface area contributed by atoms with Gasteiger partial charge in [-0.3, -0.25) is 19.6 Å². The van der Waals surface area contributed by atoms with Crippen LogP contribution in [0, 0.1) is 31.1 Å². The van der Waals surface area contributed by atoms with Crippen molar-refractivity contribution in [3.8, 4) is 28.7 Å². The summed E-state index contributed by atoms with van der Waals surface area (Å²) in [5, 5.41) is 32.8. The van der Waals surface area contributed by atoms with E-state index in [1.807, 2.05) is 55.6 Å². The highest BCUT2D eigenvalue weighted by atomic mass is 16.4. The van der Waals surface area contributed by atoms with E-state index in [0.29, 0.717) is 73.0 Å². The number of aliphatic hydroxyl groups is 1. The van der Waals surface area contributed by atoms with Crippen LogP contribution in [0.5, 0.6) is 0 Å². The number of carboxylic acids is 1. The molecule has 2 fully saturated rings. The predicted molar refractivity (Wildman–Crippen MR) is 197 cm³/mol. The average Bonchev–Trinajstić information content (AvgIpc) is 3.89. The van der Waals surface area contributed by atoms with E-state index in [4.69, 9.17) is 14.4 Å². The highest BCUT2D eigenvalue weighted by Crippen LogP contribution is 2.38. The molecule has 5 heterocycles. The molecule has 3 N–H and O–H groups in total. The van der Waals surface area contributed by atoms with Crippen LogP contribution in [0.2, 0.25) is 0 Å². The number of likely N-dealkylation sites (tertiary alicyclic amines) is 2. The molecule has 2 unspecified atom stereocenters. The van der Waals surface area contributed by atoms with Crippen molar-refractivity contribution in [3.63, 3.8) is 0 Å². The number of benzene rings is 3. The monoisotopic (exact) mass is 694 g/mol. The summed E-state index contributed by atoms with van der Waals surface area (Å²) in [6.45, 7) is 8.09. The molecular formula is C40H38N8O4. The normalized spacial score (nSPS) is 18.0. The van der Waals surface area contributed by atoms with Gasteiger partial charge in [0.1, 0.15) is 23.4 Å². The number of aliphatic carboxylic acids is 1. The van der Waals surface area contributed by atoms with Gasteiger partial charge in [0.15, 0.2) is 11.4 Å². The third kappa shape index (κ3) is 6.46. The van der Waals surface area contributed by atoms with E-state index < -0.39 is 5.97 Å². The lowest BCUT2D eigenvalue weighted by Gasteiger charge is -2.17. The number of hydrogen-bond donors (Lipinski definition) is 3. The quantitative estimate of drug-likeness (QED) is 0.157. The van der Waals surface area contributed by atoms with Crippen LogP contribution in [-0.2, 0) is 17.9 Å². The molecule has 0 saturated carbocycles. The van der Waals surface area contributed by atoms with Crippen LogP contribution in [0.15, 0.2) is 71.5 Å². The van der Waals surface area contributed by atoms with E-state index in [9.17, 15) is 20.3 Å². The fourth-order valence-electron chi connectivity index (χ4n) is 7.54. The number of nitriles is 1. The summed E-state index contributed by atoms with van der Waals surface area (Å²) in [4.78, 5) is 34.4. The Hall–Kier alpha value is -5.74. The molecule has 2 saturated heterocycles. The molecular weight excluding hydrogens is 656 g/mol. The Labute approximate surface area is 300 Å². The number of aliphatic hydroxyl groups excluding tert-OH is 1. The predicted octanol–water partition coefficient (Wildman–Crippen LogP) is 6.21. The molecule has 2 aliphatic heterocycles. The number of β-amino-alcohol motifs (C(OH)–C–C–N with tert-alkyl or cyclic N) is 1. The van der Waals surface area contributed by atoms with Crippen LogP contribution in [0.3, 0.4) is 0 Å². The first-order valence-electron chi connectivity index (χ1n) is 17.5. The van der Waals surface area contributed by atoms with Gasteiger partial charge in [-0.1, -0.05) is 24.3 Å². The standard InChI is InChI=1S/C40H38N8O4/c1-23-30(5-3-7-32(23)39-46-35-14-25(13-28(16-41)37(35)52-39)18-47-11-9-27(20-47)40(50)51)31-6-4-8-33(24(31)2)45-38-36-34(43-22-44-38)15-26(17-42-36)19-48-12-10-29(49)21-48/h3-8,13-15,17,22,27,29,49H,9-12,18-21H2,1-2H3,(H,50,51)(H,43,44,45). The number of oxazole rings is 1. The fourth-order valence-corrected chi connectivity index (χ4v) is 7.54. The van der Waals surface area contributed by atoms with Crippen LogP contribution in [-0.4, -0.2) is 78.2 Å². The first kappa shape index (κ1) is 33.4. The number of carboxylic acid groups (broad SMARTS) is 1. The number of fused-ring (bicyclic) bond motifs is 2. The van der Waals surface area contributed by atoms with Gasteiger partial charge in [0.2, 0.25) is 5.89 Å². The maximum Gasteiger partial charge on any atom is 0.307 e. The maximum absolute atomic E-state index is 11.5. The number of aromatic nitrogens is 4. The van der Waals surface area contributed by atoms with Crippen LogP contribution >= 0.6 is 0 Å². The van der Waals surface area contributed by atoms with Crippen LogP contribution in [0.25, 0.3) is 44.7 Å². The number of nitrogens with zero attached hydrogens (tertiary/aromatic N) is 7. The van der Waals surface area contributed by atoms with Crippen LogP contribution in [0.4, 0.5) is 11.5 Å². The lowest BCUT2D eigenvalue weighted by atomic mass is 9.93. The zero-order chi connectivity index (χ0) is 35.9. The number of pyridine rings is 1. The zero-order valence-electron chi connectivity index (χ0n) is 29.0. The van der Waals surface area contributed by atoms with E-state index in [-0.39, 0.29) is 12.0 Å². The molecule has 262 valence electrons. The van der Waals surface area contributed by atoms with Crippen LogP contribution in [0.1, 0.15) is 40.7 Å². The van der Waals surface area contributed by atoms with Crippen molar-refractivity contribution in [1.82, 2.24) is 29.7 Å². The molecule has 8 rings (SSSR count). The third-order valence-electron chi connectivity index (χ3n) is 10.3. The van der Waals surface area contributed by atoms with Crippen molar-refractivity contribution in [2.24, 2.45) is 5.92 Å². The largest absolute Gasteiger partial charge is 0.481 e. The van der Waals surface area contributed by atoms with Gasteiger partial charge in [-0.25, -0.2) is 15.0 Å². The minimum atomic E-state index is -0.769. The number of rotatable bonds is 9. The second-order valence-electron chi connectivity index (χ2n) is 13.9. The topological polar surface area (TPSA) is 165 Å². The van der Waals surface area contributed by atoms with Gasteiger partial charge in [0, 0.05) is 50.2 Å². The summed E-state index contributed by atoms with van der Waals surface area (Å²) >= 11 is 0. The Kier molecular flexibility index (Phi) is 8.84. The van der Waals surface area contributed by atoms with Gasteiger partial charge in [0.25, 0.3) is 0 Å². The SMILES string of the molecule is Cc1c(Nc2ncnc3cc(CN4CCC(O)C4)cnc23)cccc1-c1cccc(-c2nc3cc(CN4CCC(C(=O)O)C4)cc(C#N)c3o2)c1C. The van der Waals surface area contributed by atoms with Crippen molar-refractivity contribution >= 4 is 39.6 Å². The van der Waals surface area contributed by atoms with Crippen molar-refractivity contribution in [2.75, 3.05) is 31.5 Å². The summed E-state index contributed by atoms with van der Waals surface area (Å²) in [6, 6.07) is 20.2. The number of hydrogen-bond acceptors (Lipinski definition) is 11. The smallest absolute Gasteiger partial charge is 0.307 e. The van der Waals surface area contributed by atoms with E-state index in [1.54, 1.807) is 6.33 Å². The maximum atomic E-state index is 11.5. The summed E-state index contributed by atoms with van der Waals surface area (Å²) in [5.41, 5.74) is 10.6. The molecule has 12 heteroatoms. The molecule has 6 aromatic rings. The Morgan fingerprint density at radius 1 is 0.923 bits per heavy atom. The minimum Gasteiger partial charge on any atom is -0.481 e. The molecule has 0 spiro atoms. The first-order chi connectivity index (χ1) is 25.2. The van der Waals surface area contributed by atoms with E-state index >= 15 is 0 Å². The first-order valence-corrected chi connectivity index (χ1v) is 17.5. The molecule has 0 amide bonds. The van der Waals surface area contributed by atoms with Gasteiger partial charge in [-0.05, 0) is 96.9 Å². The average molecular weight is 695 g/mol. The molecule has 3 aromatic heterocycles. The van der Waals surface area contributed by atoms with E-state index in [2.05, 4.69) is 50.2 Å². The molecule has 0 radical (unpaired) electrons. The Morgan fingerprint density at radius 2 is 1.65 bits per heavy atom. The van der Waals surface area contributed by atoms with Gasteiger partial charge >= 0.3 is 5.97 Å². The summed E-state index contributed by atoms with van der Waals surface area (Å²) in [6.07, 6.45) is 4.54. The fraction of sp³-hybridized carbons (Fsp3) is 0.300. The van der Waals surface area contributed by atoms with Crippen molar-refractivity contribution in [3.05, 3.63) is 94.9 Å². The molecule has 52 heavy (non-hydrogen) atoms. The lowest BCUT2D eigenvalue weighted by Crippen LogP contribution is -2.22. The minimum absolute atomic E-state index is 0.270. The molecule has 3 aromatic carbocycles. The summed E-state index contributed by atoms with van der Waals surface area (Å²) in [7, 11) is 0. The molecule has 0 bridgehead atoms. The van der Waals surface area contributed by atoms with Crippen molar-refractivity contribution in [2.45, 2.75) is 45.9 Å². The van der Waals surface area contributed by atoms with Crippen molar-refractivity contribution < 1.29 is 19.4 Å². The Bertz CT molecular complexity index is 2380.